The summed E-state index contributed by atoms with van der Waals surface area (Å²) in [5, 5.41) is 9.02. The molecule has 2 aromatic rings. The molecule has 3 rings (SSSR count). The monoisotopic (exact) mass is 535 g/mol. The van der Waals surface area contributed by atoms with Crippen LogP contribution >= 0.6 is 0 Å². The Morgan fingerprint density at radius 3 is 2.44 bits per heavy atom. The maximum absolute atomic E-state index is 14.1. The van der Waals surface area contributed by atoms with Crippen LogP contribution in [0.2, 0.25) is 0 Å². The van der Waals surface area contributed by atoms with Crippen LogP contribution in [0.3, 0.4) is 0 Å². The Morgan fingerprint density at radius 2 is 1.77 bits per heavy atom. The van der Waals surface area contributed by atoms with Crippen molar-refractivity contribution in [1.29, 1.82) is 0 Å². The molecule has 9 heteroatoms. The van der Waals surface area contributed by atoms with E-state index in [9.17, 15) is 14.4 Å². The highest BCUT2D eigenvalue weighted by molar-refractivity contribution is 6.03. The summed E-state index contributed by atoms with van der Waals surface area (Å²) in [7, 11) is 1.28. The number of hydrogen-bond donors (Lipinski definition) is 3. The standard InChI is InChI=1S/C30H41N5O4/c1-5-31-22(3)32-20-27(36)35(25-17-12-16-24(19-25)34-30(38)39-4)28(26-18-11-10-13-21(26)2)29(37)33-23-14-8-6-7-9-15-23/h10-13,16-19,23,28H,5-9,14-15,20H2,1-4H3,(H,31,32)(H,33,37)(H,34,38). The predicted octanol–water partition coefficient (Wildman–Crippen LogP) is 5.11. The van der Waals surface area contributed by atoms with Crippen molar-refractivity contribution in [3.8, 4) is 0 Å². The molecule has 0 spiro atoms. The van der Waals surface area contributed by atoms with Crippen molar-refractivity contribution in [2.24, 2.45) is 4.99 Å². The molecule has 0 bridgehead atoms. The summed E-state index contributed by atoms with van der Waals surface area (Å²) >= 11 is 0. The van der Waals surface area contributed by atoms with E-state index in [-0.39, 0.29) is 24.4 Å². The zero-order valence-corrected chi connectivity index (χ0v) is 23.5. The van der Waals surface area contributed by atoms with Gasteiger partial charge in [-0.15, -0.1) is 0 Å². The topological polar surface area (TPSA) is 112 Å². The van der Waals surface area contributed by atoms with Gasteiger partial charge in [0.15, 0.2) is 0 Å². The third-order valence-corrected chi connectivity index (χ3v) is 6.90. The molecule has 0 heterocycles. The summed E-state index contributed by atoms with van der Waals surface area (Å²) in [6.07, 6.45) is 5.70. The van der Waals surface area contributed by atoms with E-state index in [4.69, 9.17) is 4.74 Å². The van der Waals surface area contributed by atoms with Crippen molar-refractivity contribution in [2.75, 3.05) is 30.4 Å². The first-order valence-corrected chi connectivity index (χ1v) is 13.7. The number of aliphatic imine (C=N–C) groups is 1. The largest absolute Gasteiger partial charge is 0.453 e. The van der Waals surface area contributed by atoms with Gasteiger partial charge in [0.05, 0.1) is 12.9 Å². The molecule has 3 N–H and O–H groups in total. The van der Waals surface area contributed by atoms with Gasteiger partial charge in [-0.05, 0) is 62.9 Å². The van der Waals surface area contributed by atoms with Gasteiger partial charge in [0.25, 0.3) is 0 Å². The number of hydrogen-bond acceptors (Lipinski definition) is 5. The summed E-state index contributed by atoms with van der Waals surface area (Å²) in [5.41, 5.74) is 2.54. The number of methoxy groups -OCH3 is 1. The molecule has 0 aromatic heterocycles. The first-order valence-electron chi connectivity index (χ1n) is 13.7. The average Bonchev–Trinajstić information content (AvgIpc) is 3.19. The number of carbonyl (C=O) groups is 3. The first-order chi connectivity index (χ1) is 18.8. The van der Waals surface area contributed by atoms with Gasteiger partial charge in [0, 0.05) is 24.0 Å². The Labute approximate surface area is 231 Å². The number of carbonyl (C=O) groups excluding carboxylic acids is 3. The molecule has 1 unspecified atom stereocenters. The van der Waals surface area contributed by atoms with Crippen molar-refractivity contribution in [1.82, 2.24) is 10.6 Å². The molecule has 0 radical (unpaired) electrons. The molecule has 1 saturated carbocycles. The quantitative estimate of drug-likeness (QED) is 0.235. The van der Waals surface area contributed by atoms with E-state index in [0.29, 0.717) is 23.8 Å². The second kappa shape index (κ2) is 14.9. The van der Waals surface area contributed by atoms with E-state index in [0.717, 1.165) is 36.8 Å². The van der Waals surface area contributed by atoms with Gasteiger partial charge in [0.1, 0.15) is 12.6 Å². The van der Waals surface area contributed by atoms with Crippen LogP contribution in [0, 0.1) is 6.92 Å². The average molecular weight is 536 g/mol. The summed E-state index contributed by atoms with van der Waals surface area (Å²) in [6.45, 7) is 6.24. The summed E-state index contributed by atoms with van der Waals surface area (Å²) < 4.78 is 4.74. The van der Waals surface area contributed by atoms with E-state index >= 15 is 0 Å². The van der Waals surface area contributed by atoms with Gasteiger partial charge < -0.3 is 15.4 Å². The molecule has 1 atom stereocenters. The number of amides is 3. The molecular formula is C30H41N5O4. The van der Waals surface area contributed by atoms with Crippen molar-refractivity contribution in [3.05, 3.63) is 59.7 Å². The highest BCUT2D eigenvalue weighted by atomic mass is 16.5. The number of nitrogens with one attached hydrogen (secondary N) is 3. The van der Waals surface area contributed by atoms with Crippen LogP contribution < -0.4 is 20.9 Å². The Balaban J connectivity index is 2.08. The highest BCUT2D eigenvalue weighted by Gasteiger charge is 2.34. The minimum Gasteiger partial charge on any atom is -0.453 e. The number of aryl methyl sites for hydroxylation is 1. The molecule has 0 saturated heterocycles. The number of rotatable bonds is 9. The first kappa shape index (κ1) is 29.7. The van der Waals surface area contributed by atoms with Crippen molar-refractivity contribution < 1.29 is 19.1 Å². The van der Waals surface area contributed by atoms with Gasteiger partial charge in [0.2, 0.25) is 11.8 Å². The molecular weight excluding hydrogens is 494 g/mol. The Kier molecular flexibility index (Phi) is 11.3. The van der Waals surface area contributed by atoms with Crippen molar-refractivity contribution >= 4 is 35.1 Å². The van der Waals surface area contributed by atoms with E-state index in [1.165, 1.54) is 24.9 Å². The highest BCUT2D eigenvalue weighted by Crippen LogP contribution is 2.32. The van der Waals surface area contributed by atoms with E-state index in [2.05, 4.69) is 20.9 Å². The number of nitrogens with zero attached hydrogens (tertiary/aromatic N) is 2. The van der Waals surface area contributed by atoms with E-state index in [1.54, 1.807) is 31.2 Å². The lowest BCUT2D eigenvalue weighted by Gasteiger charge is -2.33. The van der Waals surface area contributed by atoms with Crippen molar-refractivity contribution in [3.63, 3.8) is 0 Å². The van der Waals surface area contributed by atoms with Crippen LogP contribution in [0.4, 0.5) is 16.2 Å². The molecule has 2 aromatic carbocycles. The Morgan fingerprint density at radius 1 is 1.05 bits per heavy atom. The third kappa shape index (κ3) is 8.56. The molecule has 1 fully saturated rings. The summed E-state index contributed by atoms with van der Waals surface area (Å²) in [6, 6.07) is 13.6. The van der Waals surface area contributed by atoms with Crippen LogP contribution in [0.25, 0.3) is 0 Å². The molecule has 1 aliphatic carbocycles. The number of ether oxygens (including phenoxy) is 1. The lowest BCUT2D eigenvalue weighted by Crippen LogP contribution is -2.48. The fraction of sp³-hybridized carbons (Fsp3) is 0.467. The van der Waals surface area contributed by atoms with Crippen molar-refractivity contribution in [2.45, 2.75) is 71.4 Å². The second-order valence-corrected chi connectivity index (χ2v) is 9.82. The SMILES string of the molecule is CCNC(C)=NCC(=O)N(c1cccc(NC(=O)OC)c1)C(C(=O)NC1CCCCCC1)c1ccccc1C. The molecule has 210 valence electrons. The van der Waals surface area contributed by atoms with Gasteiger partial charge in [-0.1, -0.05) is 56.0 Å². The van der Waals surface area contributed by atoms with E-state index < -0.39 is 12.1 Å². The predicted molar refractivity (Wildman–Crippen MR) is 155 cm³/mol. The third-order valence-electron chi connectivity index (χ3n) is 6.90. The van der Waals surface area contributed by atoms with Gasteiger partial charge in [-0.25, -0.2) is 4.79 Å². The van der Waals surface area contributed by atoms with E-state index in [1.807, 2.05) is 38.1 Å². The maximum atomic E-state index is 14.1. The van der Waals surface area contributed by atoms with Gasteiger partial charge >= 0.3 is 6.09 Å². The van der Waals surface area contributed by atoms with Crippen LogP contribution in [-0.2, 0) is 14.3 Å². The second-order valence-electron chi connectivity index (χ2n) is 9.82. The van der Waals surface area contributed by atoms with Crippen LogP contribution in [0.5, 0.6) is 0 Å². The lowest BCUT2D eigenvalue weighted by atomic mass is 9.97. The zero-order chi connectivity index (χ0) is 28.2. The number of benzene rings is 2. The normalized spacial score (nSPS) is 15.0. The van der Waals surface area contributed by atoms with Crippen LogP contribution in [-0.4, -0.2) is 50.0 Å². The Hall–Kier alpha value is -3.88. The molecule has 0 aliphatic heterocycles. The molecule has 1 aliphatic rings. The van der Waals surface area contributed by atoms with Crippen LogP contribution in [0.1, 0.15) is 69.5 Å². The van der Waals surface area contributed by atoms with Gasteiger partial charge in [-0.3, -0.25) is 24.8 Å². The summed E-state index contributed by atoms with van der Waals surface area (Å²) in [4.78, 5) is 45.8. The minimum atomic E-state index is -0.926. The number of anilines is 2. The summed E-state index contributed by atoms with van der Waals surface area (Å²) in [5.74, 6) is 0.0669. The van der Waals surface area contributed by atoms with Gasteiger partial charge in [-0.2, -0.15) is 0 Å². The fourth-order valence-electron chi connectivity index (χ4n) is 4.91. The minimum absolute atomic E-state index is 0.0600. The van der Waals surface area contributed by atoms with Crippen LogP contribution in [0.15, 0.2) is 53.5 Å². The Bertz CT molecular complexity index is 1160. The maximum Gasteiger partial charge on any atom is 0.411 e. The molecule has 9 nitrogen and oxygen atoms in total. The molecule has 39 heavy (non-hydrogen) atoms. The fourth-order valence-corrected chi connectivity index (χ4v) is 4.91. The zero-order valence-electron chi connectivity index (χ0n) is 23.5. The number of amidine groups is 1. The lowest BCUT2D eigenvalue weighted by molar-refractivity contribution is -0.126. The molecule has 3 amide bonds. The smallest absolute Gasteiger partial charge is 0.411 e.